The predicted molar refractivity (Wildman–Crippen MR) is 148 cm³/mol. The highest BCUT2D eigenvalue weighted by Crippen LogP contribution is 2.39. The van der Waals surface area contributed by atoms with E-state index >= 15 is 0 Å². The summed E-state index contributed by atoms with van der Waals surface area (Å²) in [4.78, 5) is 15.8. The summed E-state index contributed by atoms with van der Waals surface area (Å²) < 4.78 is 23.9. The molecule has 0 fully saturated rings. The van der Waals surface area contributed by atoms with Crippen LogP contribution in [0.5, 0.6) is 5.75 Å². The molecule has 196 valence electrons. The van der Waals surface area contributed by atoms with Crippen molar-refractivity contribution in [3.63, 3.8) is 0 Å². The molecule has 1 N–H and O–H groups in total. The van der Waals surface area contributed by atoms with Crippen LogP contribution in [-0.4, -0.2) is 32.4 Å². The highest BCUT2D eigenvalue weighted by Gasteiger charge is 2.36. The minimum Gasteiger partial charge on any atom is -0.495 e. The van der Waals surface area contributed by atoms with Gasteiger partial charge < -0.3 is 19.5 Å². The molecule has 0 aliphatic carbocycles. The summed E-state index contributed by atoms with van der Waals surface area (Å²) in [7, 11) is 1.53. The minimum atomic E-state index is -0.600. The molecule has 3 aromatic carbocycles. The van der Waals surface area contributed by atoms with E-state index in [1.54, 1.807) is 29.2 Å². The summed E-state index contributed by atoms with van der Waals surface area (Å²) >= 11 is 6.24. The molecule has 0 saturated heterocycles. The van der Waals surface area contributed by atoms with Crippen molar-refractivity contribution >= 4 is 23.3 Å². The lowest BCUT2D eigenvalue weighted by atomic mass is 10.0. The second-order valence-electron chi connectivity index (χ2n) is 9.30. The van der Waals surface area contributed by atoms with E-state index in [9.17, 15) is 9.18 Å². The number of fused-ring (bicyclic) bond motifs is 3. The molecule has 3 heterocycles. The zero-order valence-corrected chi connectivity index (χ0v) is 22.1. The van der Waals surface area contributed by atoms with E-state index in [1.807, 2.05) is 70.9 Å². The van der Waals surface area contributed by atoms with Gasteiger partial charge >= 0.3 is 6.03 Å². The Balaban J connectivity index is 1.54. The number of hydrogen-bond acceptors (Lipinski definition) is 3. The van der Waals surface area contributed by atoms with Gasteiger partial charge in [-0.1, -0.05) is 41.9 Å². The van der Waals surface area contributed by atoms with Crippen LogP contribution in [0.25, 0.3) is 11.5 Å². The zero-order valence-electron chi connectivity index (χ0n) is 21.3. The number of aromatic nitrogens is 3. The molecule has 0 radical (unpaired) electrons. The van der Waals surface area contributed by atoms with Gasteiger partial charge in [0.05, 0.1) is 42.5 Å². The standard InChI is InChI=1S/C30H25ClFN5O2/c1-19-24-18-36(30(38)33-25-17-21(31)13-14-27(25)39-2)28(20-8-6-9-22(32)16-20)26-12-7-15-35(26)29(24)37(34-19)23-10-4-3-5-11-23/h3-17,28H,18H2,1-2H3,(H,33,38)/t28-/m1/s1. The van der Waals surface area contributed by atoms with E-state index in [1.165, 1.54) is 19.2 Å². The fourth-order valence-electron chi connectivity index (χ4n) is 5.14. The summed E-state index contributed by atoms with van der Waals surface area (Å²) in [6.07, 6.45) is 1.95. The molecular weight excluding hydrogens is 517 g/mol. The number of hydrogen-bond donors (Lipinski definition) is 1. The van der Waals surface area contributed by atoms with Gasteiger partial charge in [0.15, 0.2) is 0 Å². The maximum absolute atomic E-state index is 14.5. The van der Waals surface area contributed by atoms with Crippen LogP contribution in [-0.2, 0) is 6.54 Å². The second-order valence-corrected chi connectivity index (χ2v) is 9.73. The highest BCUT2D eigenvalue weighted by molar-refractivity contribution is 6.31. The van der Waals surface area contributed by atoms with Crippen molar-refractivity contribution in [1.82, 2.24) is 19.2 Å². The molecule has 0 bridgehead atoms. The lowest BCUT2D eigenvalue weighted by Crippen LogP contribution is -2.38. The molecule has 39 heavy (non-hydrogen) atoms. The van der Waals surface area contributed by atoms with Crippen molar-refractivity contribution in [3.8, 4) is 17.3 Å². The molecule has 1 aliphatic heterocycles. The smallest absolute Gasteiger partial charge is 0.323 e. The Morgan fingerprint density at radius 2 is 1.87 bits per heavy atom. The fourth-order valence-corrected chi connectivity index (χ4v) is 5.31. The molecule has 1 aliphatic rings. The topological polar surface area (TPSA) is 64.3 Å². The SMILES string of the molecule is COc1ccc(Cl)cc1NC(=O)N1Cc2c(C)nn(-c3ccccc3)c2-n2cccc2[C@H]1c1cccc(F)c1. The number of anilines is 1. The third-order valence-corrected chi connectivity index (χ3v) is 7.15. The molecule has 6 rings (SSSR count). The molecule has 0 spiro atoms. The number of carbonyl (C=O) groups is 1. The van der Waals surface area contributed by atoms with E-state index in [4.69, 9.17) is 21.4 Å². The molecule has 0 unspecified atom stereocenters. The first-order chi connectivity index (χ1) is 18.9. The first-order valence-electron chi connectivity index (χ1n) is 12.4. The molecular formula is C30H25ClFN5O2. The first-order valence-corrected chi connectivity index (χ1v) is 12.8. The van der Waals surface area contributed by atoms with Gasteiger partial charge in [-0.25, -0.2) is 13.9 Å². The van der Waals surface area contributed by atoms with Crippen molar-refractivity contribution in [2.75, 3.05) is 12.4 Å². The molecule has 2 aromatic heterocycles. The normalized spacial score (nSPS) is 14.4. The van der Waals surface area contributed by atoms with Crippen molar-refractivity contribution in [3.05, 3.63) is 124 Å². The summed E-state index contributed by atoms with van der Waals surface area (Å²) in [6, 6.07) is 24.1. The minimum absolute atomic E-state index is 0.228. The van der Waals surface area contributed by atoms with Gasteiger partial charge in [0.1, 0.15) is 17.4 Å². The second kappa shape index (κ2) is 9.96. The van der Waals surface area contributed by atoms with Gasteiger partial charge in [-0.15, -0.1) is 0 Å². The third kappa shape index (κ3) is 4.42. The van der Waals surface area contributed by atoms with E-state index in [-0.39, 0.29) is 12.4 Å². The van der Waals surface area contributed by atoms with Crippen molar-refractivity contribution in [2.24, 2.45) is 0 Å². The number of nitrogens with one attached hydrogen (secondary N) is 1. The zero-order chi connectivity index (χ0) is 27.1. The number of aryl methyl sites for hydroxylation is 1. The largest absolute Gasteiger partial charge is 0.495 e. The Hall–Kier alpha value is -4.56. The third-order valence-electron chi connectivity index (χ3n) is 6.92. The average molecular weight is 542 g/mol. The van der Waals surface area contributed by atoms with Crippen LogP contribution in [0, 0.1) is 12.7 Å². The number of rotatable bonds is 4. The molecule has 2 amide bonds. The molecule has 1 atom stereocenters. The van der Waals surface area contributed by atoms with Crippen LogP contribution in [0.2, 0.25) is 5.02 Å². The number of amides is 2. The van der Waals surface area contributed by atoms with E-state index in [0.717, 1.165) is 28.5 Å². The van der Waals surface area contributed by atoms with E-state index < -0.39 is 12.1 Å². The maximum Gasteiger partial charge on any atom is 0.323 e. The van der Waals surface area contributed by atoms with Crippen molar-refractivity contribution < 1.29 is 13.9 Å². The van der Waals surface area contributed by atoms with Gasteiger partial charge in [-0.05, 0) is 67.1 Å². The summed E-state index contributed by atoms with van der Waals surface area (Å²) in [5.74, 6) is 0.925. The lowest BCUT2D eigenvalue weighted by molar-refractivity contribution is 0.194. The summed E-state index contributed by atoms with van der Waals surface area (Å²) in [6.45, 7) is 2.16. The highest BCUT2D eigenvalue weighted by atomic mass is 35.5. The van der Waals surface area contributed by atoms with E-state index in [0.29, 0.717) is 22.0 Å². The number of urea groups is 1. The van der Waals surface area contributed by atoms with Crippen LogP contribution < -0.4 is 10.1 Å². The first kappa shape index (κ1) is 24.8. The molecule has 5 aromatic rings. The van der Waals surface area contributed by atoms with Gasteiger partial charge in [0.25, 0.3) is 0 Å². The summed E-state index contributed by atoms with van der Waals surface area (Å²) in [5.41, 5.74) is 4.43. The monoisotopic (exact) mass is 541 g/mol. The number of para-hydroxylation sites is 1. The number of ether oxygens (including phenoxy) is 1. The van der Waals surface area contributed by atoms with Crippen LogP contribution in [0.15, 0.2) is 91.1 Å². The number of benzene rings is 3. The Kier molecular flexibility index (Phi) is 6.32. The molecule has 0 saturated carbocycles. The lowest BCUT2D eigenvalue weighted by Gasteiger charge is -2.31. The Labute approximate surface area is 230 Å². The van der Waals surface area contributed by atoms with Gasteiger partial charge in [0, 0.05) is 16.8 Å². The fraction of sp³-hybridized carbons (Fsp3) is 0.133. The quantitative estimate of drug-likeness (QED) is 0.269. The van der Waals surface area contributed by atoms with Crippen LogP contribution in [0.4, 0.5) is 14.9 Å². The Bertz CT molecular complexity index is 1680. The van der Waals surface area contributed by atoms with Crippen molar-refractivity contribution in [1.29, 1.82) is 0 Å². The summed E-state index contributed by atoms with van der Waals surface area (Å²) in [5, 5.41) is 8.28. The van der Waals surface area contributed by atoms with Crippen molar-refractivity contribution in [2.45, 2.75) is 19.5 Å². The predicted octanol–water partition coefficient (Wildman–Crippen LogP) is 6.91. The van der Waals surface area contributed by atoms with Crippen LogP contribution in [0.3, 0.4) is 0 Å². The van der Waals surface area contributed by atoms with Gasteiger partial charge in [-0.2, -0.15) is 5.10 Å². The molecule has 7 nitrogen and oxygen atoms in total. The number of halogens is 2. The molecule has 9 heteroatoms. The van der Waals surface area contributed by atoms with Crippen LogP contribution >= 0.6 is 11.6 Å². The number of nitrogens with zero attached hydrogens (tertiary/aromatic N) is 4. The van der Waals surface area contributed by atoms with Gasteiger partial charge in [0.2, 0.25) is 0 Å². The van der Waals surface area contributed by atoms with E-state index in [2.05, 4.69) is 5.32 Å². The number of methoxy groups -OCH3 is 1. The van der Waals surface area contributed by atoms with Crippen LogP contribution in [0.1, 0.15) is 28.6 Å². The number of carbonyl (C=O) groups excluding carboxylic acids is 1. The maximum atomic E-state index is 14.5. The Morgan fingerprint density at radius 1 is 1.05 bits per heavy atom. The van der Waals surface area contributed by atoms with Gasteiger partial charge in [-0.3, -0.25) is 0 Å². The average Bonchev–Trinajstić information content (AvgIpc) is 3.49. The Morgan fingerprint density at radius 3 is 2.64 bits per heavy atom.